The van der Waals surface area contributed by atoms with E-state index in [4.69, 9.17) is 0 Å². The van der Waals surface area contributed by atoms with Crippen molar-refractivity contribution in [1.82, 2.24) is 0 Å². The maximum Gasteiger partial charge on any atom is 0.0516 e. The topological polar surface area (TPSA) is 0 Å². The van der Waals surface area contributed by atoms with Gasteiger partial charge in [0, 0.05) is 0 Å². The lowest BCUT2D eigenvalue weighted by molar-refractivity contribution is 1.50. The molecular formula is C26H33I3. The van der Waals surface area contributed by atoms with Crippen LogP contribution in [0.5, 0.6) is 0 Å². The monoisotopic (exact) mass is 726 g/mol. The molecule has 0 nitrogen and oxygen atoms in total. The lowest BCUT2D eigenvalue weighted by Gasteiger charge is -1.92. The van der Waals surface area contributed by atoms with Gasteiger partial charge in [-0.3, -0.25) is 0 Å². The molecule has 4 aromatic rings. The summed E-state index contributed by atoms with van der Waals surface area (Å²) in [6.07, 6.45) is 0. The Labute approximate surface area is 219 Å². The van der Waals surface area contributed by atoms with Gasteiger partial charge in [-0.2, -0.15) is 0 Å². The Kier molecular flexibility index (Phi) is 25.3. The van der Waals surface area contributed by atoms with Gasteiger partial charge < -0.3 is 0 Å². The first-order valence-electron chi connectivity index (χ1n) is 9.72. The van der Waals surface area contributed by atoms with Crippen molar-refractivity contribution in [1.29, 1.82) is 0 Å². The van der Waals surface area contributed by atoms with Gasteiger partial charge >= 0.3 is 0 Å². The predicted octanol–water partition coefficient (Wildman–Crippen LogP) is 10.6. The van der Waals surface area contributed by atoms with Gasteiger partial charge in [-0.05, 0) is 26.5 Å². The van der Waals surface area contributed by atoms with E-state index in [-0.39, 0.29) is 0 Å². The molecule has 0 saturated carbocycles. The Hall–Kier alpha value is -0.410. The van der Waals surface area contributed by atoms with Crippen molar-refractivity contribution < 1.29 is 0 Å². The van der Waals surface area contributed by atoms with Crippen molar-refractivity contribution in [2.45, 2.75) is 27.7 Å². The molecule has 0 heterocycles. The Morgan fingerprint density at radius 2 is 0.517 bits per heavy atom. The van der Waals surface area contributed by atoms with E-state index in [2.05, 4.69) is 165 Å². The Morgan fingerprint density at radius 1 is 0.414 bits per heavy atom. The molecular weight excluding hydrogens is 693 g/mol. The molecule has 0 aromatic heterocycles. The van der Waals surface area contributed by atoms with Crippen LogP contribution in [0, 0.1) is 0 Å². The summed E-state index contributed by atoms with van der Waals surface area (Å²) >= 11 is 6.70. The van der Waals surface area contributed by atoms with Crippen LogP contribution in [-0.2, 0) is 0 Å². The maximum absolute atomic E-state index is 2.28. The largest absolute Gasteiger partial charge is 0.0901 e. The van der Waals surface area contributed by atoms with Crippen molar-refractivity contribution in [3.05, 3.63) is 97.1 Å². The summed E-state index contributed by atoms with van der Waals surface area (Å²) in [5, 5.41) is 5.24. The van der Waals surface area contributed by atoms with Crippen LogP contribution >= 0.6 is 67.8 Å². The van der Waals surface area contributed by atoms with Gasteiger partial charge in [0.1, 0.15) is 0 Å². The van der Waals surface area contributed by atoms with Crippen LogP contribution in [0.3, 0.4) is 0 Å². The molecule has 0 fully saturated rings. The van der Waals surface area contributed by atoms with E-state index in [0.717, 1.165) is 0 Å². The number of rotatable bonds is 0. The van der Waals surface area contributed by atoms with Crippen LogP contribution in [0.2, 0.25) is 0 Å². The highest BCUT2D eigenvalue weighted by Gasteiger charge is 1.86. The van der Waals surface area contributed by atoms with E-state index in [1.54, 1.807) is 0 Å². The minimum atomic E-state index is 1.19. The quantitative estimate of drug-likeness (QED) is 0.125. The fraction of sp³-hybridized carbons (Fsp3) is 0.231. The van der Waals surface area contributed by atoms with E-state index in [9.17, 15) is 0 Å². The first-order valence-corrected chi connectivity index (χ1v) is 14.9. The number of fused-ring (bicyclic) bond motifs is 2. The van der Waals surface area contributed by atoms with Crippen molar-refractivity contribution >= 4 is 89.3 Å². The van der Waals surface area contributed by atoms with Gasteiger partial charge in [0.05, 0.1) is 2.43 Å². The number of hydrogen-bond donors (Lipinski definition) is 0. The van der Waals surface area contributed by atoms with Gasteiger partial charge in [-0.15, -0.1) is 0 Å². The molecule has 0 bridgehead atoms. The molecule has 4 rings (SSSR count). The fourth-order valence-electron chi connectivity index (χ4n) is 2.27. The number of benzene rings is 4. The van der Waals surface area contributed by atoms with Crippen molar-refractivity contribution in [2.24, 2.45) is 0 Å². The Balaban J connectivity index is 0. The van der Waals surface area contributed by atoms with Gasteiger partial charge in [0.2, 0.25) is 0 Å². The Morgan fingerprint density at radius 3 is 0.621 bits per heavy atom. The molecule has 0 radical (unpaired) electrons. The third-order valence-electron chi connectivity index (χ3n) is 3.32. The fourth-order valence-corrected chi connectivity index (χ4v) is 2.27. The van der Waals surface area contributed by atoms with Crippen molar-refractivity contribution in [2.75, 3.05) is 7.36 Å². The second-order valence-corrected chi connectivity index (χ2v) is 9.24. The van der Waals surface area contributed by atoms with Gasteiger partial charge in [-0.1, -0.05) is 193 Å². The van der Waals surface area contributed by atoms with Crippen LogP contribution in [0.25, 0.3) is 21.5 Å². The molecule has 0 saturated heterocycles. The van der Waals surface area contributed by atoms with E-state index in [0.29, 0.717) is 0 Å². The van der Waals surface area contributed by atoms with Gasteiger partial charge in [0.15, 0.2) is 0 Å². The number of halogens is 3. The van der Waals surface area contributed by atoms with E-state index in [1.807, 2.05) is 32.6 Å². The van der Waals surface area contributed by atoms with Crippen LogP contribution in [-0.4, -0.2) is 7.36 Å². The predicted molar refractivity (Wildman–Crippen MR) is 163 cm³/mol. The van der Waals surface area contributed by atoms with E-state index in [1.165, 1.54) is 24.0 Å². The van der Waals surface area contributed by atoms with Gasteiger partial charge in [0.25, 0.3) is 0 Å². The zero-order chi connectivity index (χ0) is 22.3. The van der Waals surface area contributed by atoms with Crippen molar-refractivity contribution in [3.8, 4) is 0 Å². The molecule has 0 N–H and O–H groups in total. The lowest BCUT2D eigenvalue weighted by Crippen LogP contribution is -1.67. The smallest absolute Gasteiger partial charge is 0.0516 e. The second-order valence-electron chi connectivity index (χ2n) is 4.80. The normalized spacial score (nSPS) is 8.14. The maximum atomic E-state index is 2.28. The summed E-state index contributed by atoms with van der Waals surface area (Å²) in [5.74, 6) is 0. The summed E-state index contributed by atoms with van der Waals surface area (Å²) < 4.78 is 1.19. The lowest BCUT2D eigenvalue weighted by atomic mass is 10.1. The van der Waals surface area contributed by atoms with E-state index >= 15 is 0 Å². The molecule has 0 aliphatic carbocycles. The molecule has 3 heteroatoms. The highest BCUT2D eigenvalue weighted by molar-refractivity contribution is 14.2. The molecule has 0 spiro atoms. The van der Waals surface area contributed by atoms with Gasteiger partial charge in [-0.25, -0.2) is 0 Å². The first-order chi connectivity index (χ1) is 14.3. The zero-order valence-electron chi connectivity index (χ0n) is 18.1. The minimum Gasteiger partial charge on any atom is -0.0901 e. The third-order valence-corrected chi connectivity index (χ3v) is 3.32. The summed E-state index contributed by atoms with van der Waals surface area (Å²) in [6.45, 7) is 8.00. The zero-order valence-corrected chi connectivity index (χ0v) is 24.6. The molecule has 0 aliphatic heterocycles. The van der Waals surface area contributed by atoms with Crippen molar-refractivity contribution in [3.63, 3.8) is 0 Å². The van der Waals surface area contributed by atoms with Crippen LogP contribution < -0.4 is 0 Å². The Bertz CT molecular complexity index is 642. The van der Waals surface area contributed by atoms with E-state index < -0.39 is 0 Å². The standard InChI is InChI=1S/2C10H8.2C2H6.CH2I2.CH3I/c2*1-2-6-10-8-4-3-7-9(10)5-1;2*1-2;2-1-3;1-2/h2*1-8H;2*1-2H3;1H2;1H3. The minimum absolute atomic E-state index is 1.19. The van der Waals surface area contributed by atoms with Crippen LogP contribution in [0.15, 0.2) is 97.1 Å². The highest BCUT2D eigenvalue weighted by atomic mass is 127. The van der Waals surface area contributed by atoms with Crippen LogP contribution in [0.1, 0.15) is 27.7 Å². The molecule has 0 aliphatic rings. The summed E-state index contributed by atoms with van der Waals surface area (Å²) in [7, 11) is 0. The molecule has 29 heavy (non-hydrogen) atoms. The second kappa shape index (κ2) is 23.9. The summed E-state index contributed by atoms with van der Waals surface area (Å²) in [6, 6.07) is 33.4. The summed E-state index contributed by atoms with van der Waals surface area (Å²) in [5.41, 5.74) is 0. The van der Waals surface area contributed by atoms with Crippen LogP contribution in [0.4, 0.5) is 0 Å². The number of hydrogen-bond acceptors (Lipinski definition) is 0. The average molecular weight is 726 g/mol. The SMILES string of the molecule is CC.CC.CI.ICI.c1ccc2ccccc2c1.c1ccc2ccccc2c1. The molecule has 158 valence electrons. The summed E-state index contributed by atoms with van der Waals surface area (Å²) in [4.78, 5) is 1.97. The first kappa shape index (κ1) is 30.8. The molecule has 0 unspecified atom stereocenters. The molecule has 4 aromatic carbocycles. The molecule has 0 amide bonds. The average Bonchev–Trinajstić information content (AvgIpc) is 2.84. The number of alkyl halides is 3. The highest BCUT2D eigenvalue weighted by Crippen LogP contribution is 2.12. The molecule has 0 atom stereocenters. The third kappa shape index (κ3) is 14.3.